The van der Waals surface area contributed by atoms with Crippen molar-refractivity contribution in [3.8, 4) is 0 Å². The van der Waals surface area contributed by atoms with Crippen molar-refractivity contribution in [2.24, 2.45) is 0 Å². The first kappa shape index (κ1) is 24.5. The molecule has 1 saturated heterocycles. The van der Waals surface area contributed by atoms with Crippen molar-refractivity contribution in [2.45, 2.75) is 18.4 Å². The number of ether oxygens (including phenoxy) is 3. The van der Waals surface area contributed by atoms with Gasteiger partial charge in [0.15, 0.2) is 0 Å². The fourth-order valence-corrected chi connectivity index (χ4v) is 3.75. The normalized spacial score (nSPS) is 19.4. The molecule has 0 radical (unpaired) electrons. The van der Waals surface area contributed by atoms with Gasteiger partial charge in [-0.25, -0.2) is 20.2 Å². The highest BCUT2D eigenvalue weighted by atomic mass is 35.5. The maximum absolute atomic E-state index is 12.2. The second-order valence-electron chi connectivity index (χ2n) is 6.88. The Labute approximate surface area is 198 Å². The summed E-state index contributed by atoms with van der Waals surface area (Å²) >= 11 is 12.5. The van der Waals surface area contributed by atoms with E-state index >= 15 is 0 Å². The van der Waals surface area contributed by atoms with Gasteiger partial charge in [-0.05, 0) is 24.3 Å². The van der Waals surface area contributed by atoms with Gasteiger partial charge in [-0.3, -0.25) is 0 Å². The average molecular weight is 497 g/mol. The van der Waals surface area contributed by atoms with Crippen LogP contribution in [0.2, 0.25) is 10.0 Å². The molecule has 4 rings (SSSR count). The van der Waals surface area contributed by atoms with Crippen LogP contribution < -0.4 is 0 Å². The number of hydrogen-bond acceptors (Lipinski definition) is 6. The molecule has 2 N–H and O–H groups in total. The van der Waals surface area contributed by atoms with Crippen LogP contribution in [0.3, 0.4) is 0 Å². The van der Waals surface area contributed by atoms with Crippen molar-refractivity contribution in [1.82, 2.24) is 9.55 Å². The van der Waals surface area contributed by atoms with Crippen LogP contribution in [0.25, 0.3) is 0 Å². The van der Waals surface area contributed by atoms with Crippen LogP contribution in [0.4, 0.5) is 0 Å². The molecule has 33 heavy (non-hydrogen) atoms. The van der Waals surface area contributed by atoms with Gasteiger partial charge in [0.1, 0.15) is 17.6 Å². The van der Waals surface area contributed by atoms with E-state index in [0.29, 0.717) is 27.7 Å². The molecule has 0 amide bonds. The second kappa shape index (κ2) is 11.1. The van der Waals surface area contributed by atoms with E-state index in [2.05, 4.69) is 4.98 Å². The molecule has 1 aliphatic rings. The number of benzene rings is 2. The van der Waals surface area contributed by atoms with Gasteiger partial charge in [0, 0.05) is 23.0 Å². The zero-order valence-electron chi connectivity index (χ0n) is 17.1. The molecular weight excluding hydrogens is 477 g/mol. The molecular formula is C21H20Cl2N3O7+. The maximum Gasteiger partial charge on any atom is 0.472 e. The summed E-state index contributed by atoms with van der Waals surface area (Å²) < 4.78 is 19.6. The number of carbonyl (C=O) groups is 1. The smallest absolute Gasteiger partial charge is 0.459 e. The molecule has 12 heteroatoms. The Morgan fingerprint density at radius 2 is 1.97 bits per heavy atom. The lowest BCUT2D eigenvalue weighted by atomic mass is 10.1. The Balaban J connectivity index is 0.000000709. The number of carbonyl (C=O) groups excluding carboxylic acids is 1. The minimum absolute atomic E-state index is 0.0601. The fourth-order valence-electron chi connectivity index (χ4n) is 3.20. The number of rotatable bonds is 6. The van der Waals surface area contributed by atoms with Crippen LogP contribution >= 0.6 is 23.2 Å². The molecule has 1 fully saturated rings. The minimum Gasteiger partial charge on any atom is -0.459 e. The van der Waals surface area contributed by atoms with Crippen molar-refractivity contribution >= 4 is 29.2 Å². The minimum atomic E-state index is -1.25. The SMILES string of the molecule is O=C(OCC1COC(Cn2ccnc2)(c2ccc(Cl)cc2Cl)O1)c1ccccc1.O=[N+](O)O. The molecule has 10 nitrogen and oxygen atoms in total. The van der Waals surface area contributed by atoms with E-state index in [1.165, 1.54) is 0 Å². The number of nitrogens with zero attached hydrogens (tertiary/aromatic N) is 3. The van der Waals surface area contributed by atoms with Crippen LogP contribution in [0.15, 0.2) is 67.3 Å². The van der Waals surface area contributed by atoms with E-state index in [1.54, 1.807) is 61.2 Å². The molecule has 0 aliphatic carbocycles. The molecule has 0 saturated carbocycles. The highest BCUT2D eigenvalue weighted by molar-refractivity contribution is 6.35. The highest BCUT2D eigenvalue weighted by Gasteiger charge is 2.45. The lowest BCUT2D eigenvalue weighted by Crippen LogP contribution is -2.34. The van der Waals surface area contributed by atoms with Gasteiger partial charge >= 0.3 is 11.1 Å². The molecule has 1 aliphatic heterocycles. The van der Waals surface area contributed by atoms with Gasteiger partial charge < -0.3 is 18.8 Å². The lowest BCUT2D eigenvalue weighted by Gasteiger charge is -2.29. The monoisotopic (exact) mass is 496 g/mol. The van der Waals surface area contributed by atoms with Crippen LogP contribution in [-0.2, 0) is 26.5 Å². The van der Waals surface area contributed by atoms with Crippen molar-refractivity contribution in [2.75, 3.05) is 13.2 Å². The van der Waals surface area contributed by atoms with Gasteiger partial charge in [-0.15, -0.1) is 0 Å². The van der Waals surface area contributed by atoms with E-state index in [0.717, 1.165) is 0 Å². The second-order valence-corrected chi connectivity index (χ2v) is 7.72. The third-order valence-electron chi connectivity index (χ3n) is 4.56. The molecule has 0 bridgehead atoms. The fraction of sp³-hybridized carbons (Fsp3) is 0.238. The van der Waals surface area contributed by atoms with Crippen LogP contribution in [0.5, 0.6) is 0 Å². The quantitative estimate of drug-likeness (QED) is 0.389. The first-order valence-electron chi connectivity index (χ1n) is 9.59. The summed E-state index contributed by atoms with van der Waals surface area (Å²) in [6, 6.07) is 14.0. The molecule has 2 heterocycles. The third-order valence-corrected chi connectivity index (χ3v) is 5.11. The van der Waals surface area contributed by atoms with E-state index in [4.69, 9.17) is 52.7 Å². The summed E-state index contributed by atoms with van der Waals surface area (Å²) in [5.74, 6) is -1.56. The van der Waals surface area contributed by atoms with Crippen LogP contribution in [0, 0.1) is 4.91 Å². The molecule has 2 unspecified atom stereocenters. The van der Waals surface area contributed by atoms with Gasteiger partial charge in [0.25, 0.3) is 0 Å². The summed E-state index contributed by atoms with van der Waals surface area (Å²) in [5.41, 5.74) is 1.13. The molecule has 2 atom stereocenters. The Kier molecular flexibility index (Phi) is 8.23. The Morgan fingerprint density at radius 1 is 1.24 bits per heavy atom. The zero-order chi connectivity index (χ0) is 23.8. The molecule has 2 aromatic carbocycles. The van der Waals surface area contributed by atoms with Crippen molar-refractivity contribution in [3.63, 3.8) is 0 Å². The number of hydrogen-bond donors (Lipinski definition) is 2. The first-order chi connectivity index (χ1) is 15.8. The van der Waals surface area contributed by atoms with E-state index < -0.39 is 22.9 Å². The van der Waals surface area contributed by atoms with Gasteiger partial charge in [-0.1, -0.05) is 47.5 Å². The van der Waals surface area contributed by atoms with Crippen LogP contribution in [-0.4, -0.2) is 50.3 Å². The molecule has 174 valence electrons. The number of aromatic nitrogens is 2. The molecule has 3 aromatic rings. The Hall–Kier alpha value is -3.18. The van der Waals surface area contributed by atoms with E-state index in [9.17, 15) is 4.79 Å². The number of esters is 1. The lowest BCUT2D eigenvalue weighted by molar-refractivity contribution is -0.969. The van der Waals surface area contributed by atoms with Crippen molar-refractivity contribution in [1.29, 1.82) is 0 Å². The van der Waals surface area contributed by atoms with Gasteiger partial charge in [-0.2, -0.15) is 0 Å². The largest absolute Gasteiger partial charge is 0.472 e. The standard InChI is InChI=1S/C21H18Cl2N2O4.H2NO3/c22-16-6-7-18(19(23)10-16)21(13-25-9-8-24-14-25)28-12-17(29-21)11-27-20(26)15-4-2-1-3-5-15;2-1(3)4/h1-10,14,17H,11-13H2;(H2,2,3,4)/q;+1. The Bertz CT molecular complexity index is 1080. The zero-order valence-corrected chi connectivity index (χ0v) is 18.6. The topological polar surface area (TPSA) is 123 Å². The summed E-state index contributed by atoms with van der Waals surface area (Å²) in [7, 11) is 0. The first-order valence-corrected chi connectivity index (χ1v) is 10.3. The van der Waals surface area contributed by atoms with E-state index in [1.807, 2.05) is 10.6 Å². The third kappa shape index (κ3) is 6.65. The predicted octanol–water partition coefficient (Wildman–Crippen LogP) is 3.86. The van der Waals surface area contributed by atoms with E-state index in [-0.39, 0.29) is 13.2 Å². The van der Waals surface area contributed by atoms with Crippen molar-refractivity contribution < 1.29 is 34.5 Å². The highest BCUT2D eigenvalue weighted by Crippen LogP contribution is 2.40. The van der Waals surface area contributed by atoms with Gasteiger partial charge in [0.05, 0.1) is 30.1 Å². The van der Waals surface area contributed by atoms with Crippen LogP contribution in [0.1, 0.15) is 15.9 Å². The molecule has 0 spiro atoms. The van der Waals surface area contributed by atoms with Crippen molar-refractivity contribution in [3.05, 3.63) is 93.3 Å². The summed E-state index contributed by atoms with van der Waals surface area (Å²) in [4.78, 5) is 24.8. The number of imidazole rings is 1. The summed E-state index contributed by atoms with van der Waals surface area (Å²) in [6.07, 6.45) is 4.70. The summed E-state index contributed by atoms with van der Waals surface area (Å²) in [6.45, 7) is 0.637. The Morgan fingerprint density at radius 3 is 2.61 bits per heavy atom. The van der Waals surface area contributed by atoms with Gasteiger partial charge in [0.2, 0.25) is 5.79 Å². The number of halogens is 2. The average Bonchev–Trinajstić information content (AvgIpc) is 3.43. The summed E-state index contributed by atoms with van der Waals surface area (Å²) in [5, 5.41) is 13.5. The maximum atomic E-state index is 12.2. The predicted molar refractivity (Wildman–Crippen MR) is 115 cm³/mol. The molecule has 1 aromatic heterocycles.